The summed E-state index contributed by atoms with van der Waals surface area (Å²) in [6, 6.07) is 10.2. The van der Waals surface area contributed by atoms with Crippen molar-refractivity contribution < 1.29 is 19.1 Å². The number of carboxylic acid groups (broad SMARTS) is 1. The summed E-state index contributed by atoms with van der Waals surface area (Å²) in [4.78, 5) is 40.3. The van der Waals surface area contributed by atoms with Gasteiger partial charge in [-0.15, -0.1) is 0 Å². The van der Waals surface area contributed by atoms with Crippen LogP contribution in [0.15, 0.2) is 48.8 Å². The van der Waals surface area contributed by atoms with Gasteiger partial charge in [0.25, 0.3) is 0 Å². The van der Waals surface area contributed by atoms with Crippen molar-refractivity contribution in [3.63, 3.8) is 0 Å². The lowest BCUT2D eigenvalue weighted by atomic mass is 9.80. The van der Waals surface area contributed by atoms with E-state index in [1.54, 1.807) is 24.2 Å². The van der Waals surface area contributed by atoms with Crippen LogP contribution in [0.5, 0.6) is 0 Å². The number of carboxylic acids is 1. The van der Waals surface area contributed by atoms with E-state index < -0.39 is 23.2 Å². The van der Waals surface area contributed by atoms with E-state index in [9.17, 15) is 14.7 Å². The zero-order valence-corrected chi connectivity index (χ0v) is 21.8. The summed E-state index contributed by atoms with van der Waals surface area (Å²) >= 11 is 1.35. The SMILES string of the molecule is CCN(C(N)=O)c1nc2cc(-c3cnc(N4CCC(C)(C(=O)O)CC4)c(F)c3)cc(-c3ccccn3)c2s1. The number of carbonyl (C=O) groups is 2. The molecular weight excluding hydrogens is 507 g/mol. The molecule has 0 radical (unpaired) electrons. The smallest absolute Gasteiger partial charge is 0.321 e. The average Bonchev–Trinajstić information content (AvgIpc) is 3.33. The Kier molecular flexibility index (Phi) is 6.70. The molecule has 5 rings (SSSR count). The van der Waals surface area contributed by atoms with E-state index in [1.807, 2.05) is 37.3 Å². The molecule has 11 heteroatoms. The van der Waals surface area contributed by atoms with Gasteiger partial charge in [0, 0.05) is 43.2 Å². The number of thiazole rings is 1. The number of hydrogen-bond acceptors (Lipinski definition) is 7. The highest BCUT2D eigenvalue weighted by atomic mass is 32.1. The highest BCUT2D eigenvalue weighted by Crippen LogP contribution is 2.40. The highest BCUT2D eigenvalue weighted by molar-refractivity contribution is 7.23. The van der Waals surface area contributed by atoms with Crippen LogP contribution in [0.25, 0.3) is 32.6 Å². The number of primary amides is 1. The number of aliphatic carboxylic acids is 1. The lowest BCUT2D eigenvalue weighted by Crippen LogP contribution is -2.43. The molecule has 4 aromatic rings. The fourth-order valence-corrected chi connectivity index (χ4v) is 5.79. The number of nitrogens with zero attached hydrogens (tertiary/aromatic N) is 5. The molecule has 1 saturated heterocycles. The third-order valence-electron chi connectivity index (χ3n) is 7.07. The molecule has 0 bridgehead atoms. The zero-order chi connectivity index (χ0) is 27.0. The summed E-state index contributed by atoms with van der Waals surface area (Å²) < 4.78 is 16.2. The van der Waals surface area contributed by atoms with Crippen LogP contribution in [0.4, 0.5) is 20.1 Å². The van der Waals surface area contributed by atoms with Gasteiger partial charge in [-0.05, 0) is 62.6 Å². The van der Waals surface area contributed by atoms with Gasteiger partial charge < -0.3 is 15.7 Å². The Hall–Kier alpha value is -4.12. The van der Waals surface area contributed by atoms with Gasteiger partial charge in [0.15, 0.2) is 16.8 Å². The molecule has 0 unspecified atom stereocenters. The first kappa shape index (κ1) is 25.5. The van der Waals surface area contributed by atoms with Crippen molar-refractivity contribution >= 4 is 44.5 Å². The second kappa shape index (κ2) is 9.97. The van der Waals surface area contributed by atoms with Crippen molar-refractivity contribution in [3.8, 4) is 22.4 Å². The molecule has 1 aliphatic rings. The number of rotatable bonds is 6. The van der Waals surface area contributed by atoms with Gasteiger partial charge in [-0.1, -0.05) is 17.4 Å². The molecule has 3 N–H and O–H groups in total. The van der Waals surface area contributed by atoms with Crippen molar-refractivity contribution in [2.75, 3.05) is 29.4 Å². The monoisotopic (exact) mass is 534 g/mol. The first-order valence-corrected chi connectivity index (χ1v) is 13.1. The van der Waals surface area contributed by atoms with Gasteiger partial charge in [0.05, 0.1) is 21.3 Å². The van der Waals surface area contributed by atoms with E-state index in [1.165, 1.54) is 22.3 Å². The van der Waals surface area contributed by atoms with Crippen molar-refractivity contribution in [1.29, 1.82) is 0 Å². The number of nitrogens with two attached hydrogens (primary N) is 1. The van der Waals surface area contributed by atoms with E-state index in [2.05, 4.69) is 15.0 Å². The predicted octanol–water partition coefficient (Wildman–Crippen LogP) is 5.16. The second-order valence-electron chi connectivity index (χ2n) is 9.55. The van der Waals surface area contributed by atoms with Crippen molar-refractivity contribution in [3.05, 3.63) is 54.6 Å². The number of amides is 2. The Bertz CT molecular complexity index is 1520. The topological polar surface area (TPSA) is 126 Å². The van der Waals surface area contributed by atoms with E-state index in [4.69, 9.17) is 5.73 Å². The van der Waals surface area contributed by atoms with Crippen molar-refractivity contribution in [1.82, 2.24) is 15.0 Å². The Morgan fingerprint density at radius 3 is 2.55 bits per heavy atom. The number of anilines is 2. The lowest BCUT2D eigenvalue weighted by molar-refractivity contribution is -0.149. The average molecular weight is 535 g/mol. The Morgan fingerprint density at radius 2 is 1.95 bits per heavy atom. The largest absolute Gasteiger partial charge is 0.481 e. The summed E-state index contributed by atoms with van der Waals surface area (Å²) in [6.07, 6.45) is 4.15. The number of halogens is 1. The highest BCUT2D eigenvalue weighted by Gasteiger charge is 2.37. The predicted molar refractivity (Wildman–Crippen MR) is 146 cm³/mol. The standard InChI is InChI=1S/C27H27FN6O3S/c1-3-34(25(29)37)26-32-21-14-16(12-18(22(21)38-26)20-6-4-5-9-30-20)17-13-19(28)23(31-15-17)33-10-7-27(2,8-11-33)24(35)36/h4-6,9,12-15H,3,7-8,10-11H2,1-2H3,(H2,29,37)(H,35,36). The fourth-order valence-electron chi connectivity index (χ4n) is 4.65. The van der Waals surface area contributed by atoms with Gasteiger partial charge >= 0.3 is 12.0 Å². The van der Waals surface area contributed by atoms with Crippen LogP contribution >= 0.6 is 11.3 Å². The first-order chi connectivity index (χ1) is 18.2. The Labute approximate surface area is 222 Å². The number of fused-ring (bicyclic) bond motifs is 1. The van der Waals surface area contributed by atoms with Crippen molar-refractivity contribution in [2.45, 2.75) is 26.7 Å². The molecule has 3 aromatic heterocycles. The van der Waals surface area contributed by atoms with Gasteiger partial charge in [-0.3, -0.25) is 14.7 Å². The van der Waals surface area contributed by atoms with Gasteiger partial charge in [-0.25, -0.2) is 19.2 Å². The summed E-state index contributed by atoms with van der Waals surface area (Å²) in [6.45, 7) is 4.75. The minimum atomic E-state index is -0.830. The van der Waals surface area contributed by atoms with Crippen LogP contribution < -0.4 is 15.5 Å². The van der Waals surface area contributed by atoms with Gasteiger partial charge in [-0.2, -0.15) is 0 Å². The molecule has 0 saturated carbocycles. The second-order valence-corrected chi connectivity index (χ2v) is 10.5. The molecule has 0 spiro atoms. The lowest BCUT2D eigenvalue weighted by Gasteiger charge is -2.37. The molecule has 1 aromatic carbocycles. The molecule has 2 amide bonds. The van der Waals surface area contributed by atoms with E-state index in [-0.39, 0.29) is 5.82 Å². The summed E-state index contributed by atoms with van der Waals surface area (Å²) in [7, 11) is 0. The van der Waals surface area contributed by atoms with Crippen molar-refractivity contribution in [2.24, 2.45) is 11.1 Å². The van der Waals surface area contributed by atoms with E-state index >= 15 is 4.39 Å². The Balaban J connectivity index is 1.54. The number of aromatic nitrogens is 3. The number of piperidine rings is 1. The van der Waals surface area contributed by atoms with Gasteiger partial charge in [0.1, 0.15) is 0 Å². The van der Waals surface area contributed by atoms with Crippen LogP contribution in [0, 0.1) is 11.2 Å². The third-order valence-corrected chi connectivity index (χ3v) is 8.20. The summed E-state index contributed by atoms with van der Waals surface area (Å²) in [5, 5.41) is 9.96. The molecule has 4 heterocycles. The van der Waals surface area contributed by atoms with E-state index in [0.717, 1.165) is 16.0 Å². The molecule has 196 valence electrons. The fraction of sp³-hybridized carbons (Fsp3) is 0.296. The molecule has 1 aliphatic heterocycles. The van der Waals surface area contributed by atoms with E-state index in [0.29, 0.717) is 54.3 Å². The van der Waals surface area contributed by atoms with Crippen LogP contribution in [0.2, 0.25) is 0 Å². The molecule has 1 fully saturated rings. The Morgan fingerprint density at radius 1 is 1.18 bits per heavy atom. The molecule has 38 heavy (non-hydrogen) atoms. The number of hydrogen-bond donors (Lipinski definition) is 2. The minimum Gasteiger partial charge on any atom is -0.481 e. The maximum Gasteiger partial charge on any atom is 0.321 e. The number of pyridine rings is 2. The third kappa shape index (κ3) is 4.65. The maximum absolute atomic E-state index is 15.3. The summed E-state index contributed by atoms with van der Waals surface area (Å²) in [5.74, 6) is -1.10. The number of urea groups is 1. The summed E-state index contributed by atoms with van der Waals surface area (Å²) in [5.41, 5.74) is 8.17. The molecule has 9 nitrogen and oxygen atoms in total. The number of benzene rings is 1. The van der Waals surface area contributed by atoms with Crippen LogP contribution in [-0.4, -0.2) is 51.7 Å². The molecule has 0 aliphatic carbocycles. The molecule has 0 atom stereocenters. The normalized spacial score (nSPS) is 15.0. The van der Waals surface area contributed by atoms with Crippen LogP contribution in [0.1, 0.15) is 26.7 Å². The van der Waals surface area contributed by atoms with Gasteiger partial charge in [0.2, 0.25) is 0 Å². The number of carbonyl (C=O) groups excluding carboxylic acids is 1. The van der Waals surface area contributed by atoms with Crippen LogP contribution in [0.3, 0.4) is 0 Å². The first-order valence-electron chi connectivity index (χ1n) is 12.3. The molecular formula is C27H27FN6O3S. The quantitative estimate of drug-likeness (QED) is 0.350. The van der Waals surface area contributed by atoms with Crippen LogP contribution in [-0.2, 0) is 4.79 Å². The zero-order valence-electron chi connectivity index (χ0n) is 21.0. The maximum atomic E-state index is 15.3. The minimum absolute atomic E-state index is 0.211.